The van der Waals surface area contributed by atoms with Crippen LogP contribution >= 0.6 is 0 Å². The maximum Gasteiger partial charge on any atom is 0.161 e. The highest BCUT2D eigenvalue weighted by Crippen LogP contribution is 2.61. The SMILES string of the molecule is COCCC(=O)CC1CCC2C(CC1C)C2C1CC=C(C(C)C)C(c2ccc3c(c2)OCCO3)=CC1=N. The largest absolute Gasteiger partial charge is 0.486 e. The third kappa shape index (κ3) is 5.57. The van der Waals surface area contributed by atoms with Crippen molar-refractivity contribution in [1.82, 2.24) is 0 Å². The first kappa shape index (κ1) is 26.2. The van der Waals surface area contributed by atoms with Crippen LogP contribution in [-0.2, 0) is 9.53 Å². The zero-order valence-corrected chi connectivity index (χ0v) is 22.9. The van der Waals surface area contributed by atoms with Crippen LogP contribution < -0.4 is 9.47 Å². The molecule has 6 unspecified atom stereocenters. The second kappa shape index (κ2) is 11.1. The van der Waals surface area contributed by atoms with Crippen molar-refractivity contribution in [1.29, 1.82) is 5.41 Å². The molecular weight excluding hydrogens is 462 g/mol. The van der Waals surface area contributed by atoms with Gasteiger partial charge in [0.2, 0.25) is 0 Å². The second-order valence-electron chi connectivity index (χ2n) is 12.0. The fraction of sp³-hybridized carbons (Fsp3) is 0.625. The number of benzene rings is 1. The minimum atomic E-state index is 0.283. The Kier molecular flexibility index (Phi) is 7.90. The van der Waals surface area contributed by atoms with Crippen molar-refractivity contribution in [2.24, 2.45) is 41.4 Å². The standard InChI is InChI=1S/C32H43NO4/c1-19(2)24-8-9-26(29(33)18-27(24)22-6-10-30-31(17-22)37-14-13-36-30)32-25-7-5-21(20(3)15-28(25)32)16-23(34)11-12-35-4/h6,8,10,17-21,25-26,28,32-33H,5,7,9,11-16H2,1-4H3. The molecule has 0 spiro atoms. The van der Waals surface area contributed by atoms with Crippen molar-refractivity contribution in [3.63, 3.8) is 0 Å². The number of carbonyl (C=O) groups is 1. The molecule has 0 amide bonds. The highest BCUT2D eigenvalue weighted by atomic mass is 16.6. The molecule has 3 aliphatic carbocycles. The average Bonchev–Trinajstić information content (AvgIpc) is 3.62. The lowest BCUT2D eigenvalue weighted by Crippen LogP contribution is -2.20. The minimum absolute atomic E-state index is 0.283. The van der Waals surface area contributed by atoms with E-state index in [1.54, 1.807) is 7.11 Å². The molecule has 5 rings (SSSR count). The van der Waals surface area contributed by atoms with Gasteiger partial charge >= 0.3 is 0 Å². The summed E-state index contributed by atoms with van der Waals surface area (Å²) in [4.78, 5) is 12.4. The second-order valence-corrected chi connectivity index (χ2v) is 12.0. The van der Waals surface area contributed by atoms with Crippen molar-refractivity contribution >= 4 is 17.1 Å². The molecule has 1 aromatic carbocycles. The van der Waals surface area contributed by atoms with E-state index in [4.69, 9.17) is 14.2 Å². The Morgan fingerprint density at radius 2 is 1.92 bits per heavy atom. The van der Waals surface area contributed by atoms with Gasteiger partial charge < -0.3 is 19.6 Å². The molecule has 5 heteroatoms. The Morgan fingerprint density at radius 1 is 1.14 bits per heavy atom. The van der Waals surface area contributed by atoms with Crippen molar-refractivity contribution in [2.45, 2.75) is 59.3 Å². The average molecular weight is 506 g/mol. The first-order chi connectivity index (χ1) is 17.9. The van der Waals surface area contributed by atoms with Crippen LogP contribution in [0.25, 0.3) is 5.57 Å². The maximum absolute atomic E-state index is 12.4. The van der Waals surface area contributed by atoms with Crippen molar-refractivity contribution in [3.8, 4) is 11.5 Å². The van der Waals surface area contributed by atoms with Crippen molar-refractivity contribution < 1.29 is 19.0 Å². The van der Waals surface area contributed by atoms with Crippen LogP contribution in [0.3, 0.4) is 0 Å². The quantitative estimate of drug-likeness (QED) is 0.424. The van der Waals surface area contributed by atoms with Crippen LogP contribution in [0.5, 0.6) is 11.5 Å². The van der Waals surface area contributed by atoms with Gasteiger partial charge in [-0.3, -0.25) is 4.79 Å². The van der Waals surface area contributed by atoms with Crippen LogP contribution in [0.15, 0.2) is 35.9 Å². The van der Waals surface area contributed by atoms with E-state index in [2.05, 4.69) is 45.1 Å². The van der Waals surface area contributed by atoms with E-state index in [-0.39, 0.29) is 5.92 Å². The highest BCUT2D eigenvalue weighted by molar-refractivity contribution is 6.04. The monoisotopic (exact) mass is 505 g/mol. The summed E-state index contributed by atoms with van der Waals surface area (Å²) in [6.45, 7) is 8.54. The maximum atomic E-state index is 12.4. The topological polar surface area (TPSA) is 68.6 Å². The van der Waals surface area contributed by atoms with Crippen LogP contribution in [-0.4, -0.2) is 38.4 Å². The van der Waals surface area contributed by atoms with Gasteiger partial charge in [0.1, 0.15) is 19.0 Å². The molecule has 6 atom stereocenters. The Bertz CT molecular complexity index is 1090. The number of rotatable bonds is 8. The number of carbonyl (C=O) groups excluding carboxylic acids is 1. The summed E-state index contributed by atoms with van der Waals surface area (Å²) in [7, 11) is 1.66. The molecule has 0 radical (unpaired) electrons. The lowest BCUT2D eigenvalue weighted by Gasteiger charge is -2.24. The minimum Gasteiger partial charge on any atom is -0.486 e. The van der Waals surface area contributed by atoms with E-state index in [9.17, 15) is 10.2 Å². The van der Waals surface area contributed by atoms with E-state index in [0.29, 0.717) is 74.0 Å². The fourth-order valence-electron chi connectivity index (χ4n) is 7.25. The molecule has 1 aromatic rings. The van der Waals surface area contributed by atoms with Gasteiger partial charge in [-0.1, -0.05) is 32.9 Å². The fourth-order valence-corrected chi connectivity index (χ4v) is 7.25. The Morgan fingerprint density at radius 3 is 2.68 bits per heavy atom. The number of Topliss-reactive ketones (excluding diaryl/α,β-unsaturated/α-hetero) is 1. The van der Waals surface area contributed by atoms with Gasteiger partial charge in [0.15, 0.2) is 11.5 Å². The summed E-state index contributed by atoms with van der Waals surface area (Å²) in [6, 6.07) is 6.20. The number of methoxy groups -OCH3 is 1. The normalized spacial score (nSPS) is 31.1. The Labute approximate surface area is 222 Å². The number of allylic oxidation sites excluding steroid dienone is 4. The number of nitrogens with one attached hydrogen (secondary N) is 1. The van der Waals surface area contributed by atoms with Crippen molar-refractivity contribution in [2.75, 3.05) is 26.9 Å². The summed E-state index contributed by atoms with van der Waals surface area (Å²) in [5.41, 5.74) is 4.36. The van der Waals surface area contributed by atoms with Crippen LogP contribution in [0, 0.1) is 46.8 Å². The molecule has 0 aromatic heterocycles. The molecule has 5 nitrogen and oxygen atoms in total. The lowest BCUT2D eigenvalue weighted by molar-refractivity contribution is -0.121. The molecule has 37 heavy (non-hydrogen) atoms. The predicted octanol–water partition coefficient (Wildman–Crippen LogP) is 6.76. The number of hydrogen-bond acceptors (Lipinski definition) is 5. The Balaban J connectivity index is 1.31. The predicted molar refractivity (Wildman–Crippen MR) is 147 cm³/mol. The van der Waals surface area contributed by atoms with Crippen LogP contribution in [0.2, 0.25) is 0 Å². The van der Waals surface area contributed by atoms with Gasteiger partial charge in [0, 0.05) is 31.6 Å². The molecular formula is C32H43NO4. The van der Waals surface area contributed by atoms with E-state index in [1.165, 1.54) is 18.4 Å². The Hall–Kier alpha value is -2.40. The molecule has 2 saturated carbocycles. The van der Waals surface area contributed by atoms with Gasteiger partial charge in [-0.05, 0) is 96.1 Å². The number of hydrogen-bond donors (Lipinski definition) is 1. The molecule has 0 bridgehead atoms. The van der Waals surface area contributed by atoms with E-state index in [0.717, 1.165) is 41.2 Å². The summed E-state index contributed by atoms with van der Waals surface area (Å²) in [6.07, 6.45) is 10.3. The van der Waals surface area contributed by atoms with E-state index in [1.807, 2.05) is 6.07 Å². The number of ether oxygens (including phenoxy) is 3. The third-order valence-electron chi connectivity index (χ3n) is 9.33. The summed E-state index contributed by atoms with van der Waals surface area (Å²) < 4.78 is 16.7. The molecule has 200 valence electrons. The molecule has 2 fully saturated rings. The summed E-state index contributed by atoms with van der Waals surface area (Å²) in [5, 5.41) is 9.19. The van der Waals surface area contributed by atoms with Crippen LogP contribution in [0.1, 0.15) is 64.9 Å². The number of fused-ring (bicyclic) bond motifs is 2. The third-order valence-corrected chi connectivity index (χ3v) is 9.33. The molecule has 1 N–H and O–H groups in total. The van der Waals surface area contributed by atoms with Crippen molar-refractivity contribution in [3.05, 3.63) is 41.5 Å². The van der Waals surface area contributed by atoms with E-state index >= 15 is 0 Å². The first-order valence-electron chi connectivity index (χ1n) is 14.3. The number of ketones is 1. The lowest BCUT2D eigenvalue weighted by atomic mass is 9.81. The van der Waals surface area contributed by atoms with Gasteiger partial charge in [0.05, 0.1) is 6.61 Å². The molecule has 4 aliphatic rings. The summed E-state index contributed by atoms with van der Waals surface area (Å²) >= 11 is 0. The van der Waals surface area contributed by atoms with E-state index < -0.39 is 0 Å². The molecule has 1 aliphatic heterocycles. The zero-order valence-electron chi connectivity index (χ0n) is 22.9. The smallest absolute Gasteiger partial charge is 0.161 e. The van der Waals surface area contributed by atoms with Gasteiger partial charge in [0.25, 0.3) is 0 Å². The zero-order chi connectivity index (χ0) is 26.1. The first-order valence-corrected chi connectivity index (χ1v) is 14.3. The molecule has 0 saturated heterocycles. The summed E-state index contributed by atoms with van der Waals surface area (Å²) in [5.74, 6) is 5.67. The highest BCUT2D eigenvalue weighted by Gasteiger charge is 2.55. The van der Waals surface area contributed by atoms with Gasteiger partial charge in [-0.25, -0.2) is 0 Å². The van der Waals surface area contributed by atoms with Gasteiger partial charge in [-0.2, -0.15) is 0 Å². The van der Waals surface area contributed by atoms with Crippen LogP contribution in [0.4, 0.5) is 0 Å². The van der Waals surface area contributed by atoms with Gasteiger partial charge in [-0.15, -0.1) is 0 Å². The molecule has 1 heterocycles.